The monoisotopic (exact) mass is 427 g/mol. The maximum Gasteiger partial charge on any atom is 0.269 e. The van der Waals surface area contributed by atoms with Crippen LogP contribution in [0.2, 0.25) is 0 Å². The first-order valence-electron chi connectivity index (χ1n) is 10.5. The molecule has 2 amide bonds. The molecule has 0 saturated carbocycles. The molecule has 0 aliphatic carbocycles. The van der Waals surface area contributed by atoms with Crippen molar-refractivity contribution in [2.45, 2.75) is 31.7 Å². The fourth-order valence-electron chi connectivity index (χ4n) is 3.39. The molecular weight excluding hydrogens is 398 g/mol. The van der Waals surface area contributed by atoms with Gasteiger partial charge in [0.25, 0.3) is 11.8 Å². The first-order valence-corrected chi connectivity index (χ1v) is 10.5. The van der Waals surface area contributed by atoms with Crippen LogP contribution in [0.15, 0.2) is 42.5 Å². The van der Waals surface area contributed by atoms with Gasteiger partial charge in [0, 0.05) is 32.7 Å². The average molecular weight is 428 g/mol. The van der Waals surface area contributed by atoms with Gasteiger partial charge in [0.1, 0.15) is 11.8 Å². The van der Waals surface area contributed by atoms with E-state index in [-0.39, 0.29) is 23.8 Å². The van der Waals surface area contributed by atoms with Crippen molar-refractivity contribution in [2.75, 3.05) is 33.9 Å². The SMILES string of the molecule is CNC(=O)c1cc(C(=O)NCCCC2OCCCO2)cc([C@@H](OC)c2ccccc2)n1. The van der Waals surface area contributed by atoms with Gasteiger partial charge in [-0.05, 0) is 30.5 Å². The summed E-state index contributed by atoms with van der Waals surface area (Å²) in [7, 11) is 3.10. The average Bonchev–Trinajstić information content (AvgIpc) is 2.83. The van der Waals surface area contributed by atoms with Crippen LogP contribution in [0.25, 0.3) is 0 Å². The second-order valence-corrected chi connectivity index (χ2v) is 7.19. The first kappa shape index (κ1) is 22.9. The smallest absolute Gasteiger partial charge is 0.269 e. The molecule has 0 bridgehead atoms. The number of amides is 2. The number of hydrogen-bond donors (Lipinski definition) is 2. The molecule has 2 heterocycles. The molecule has 1 saturated heterocycles. The van der Waals surface area contributed by atoms with Gasteiger partial charge in [-0.3, -0.25) is 9.59 Å². The van der Waals surface area contributed by atoms with E-state index in [9.17, 15) is 9.59 Å². The Labute approximate surface area is 182 Å². The van der Waals surface area contributed by atoms with Crippen LogP contribution in [-0.2, 0) is 14.2 Å². The predicted molar refractivity (Wildman–Crippen MR) is 115 cm³/mol. The van der Waals surface area contributed by atoms with Crippen molar-refractivity contribution in [3.63, 3.8) is 0 Å². The lowest BCUT2D eigenvalue weighted by Gasteiger charge is -2.23. The molecule has 1 fully saturated rings. The lowest BCUT2D eigenvalue weighted by molar-refractivity contribution is -0.181. The number of carbonyl (C=O) groups is 2. The Balaban J connectivity index is 1.73. The fourth-order valence-corrected chi connectivity index (χ4v) is 3.39. The van der Waals surface area contributed by atoms with E-state index in [0.717, 1.165) is 18.4 Å². The zero-order chi connectivity index (χ0) is 22.1. The third-order valence-corrected chi connectivity index (χ3v) is 4.97. The standard InChI is InChI=1S/C23H29N3O5/c1-24-23(28)19-15-17(22(27)25-11-6-10-20-30-12-7-13-31-20)14-18(26-19)21(29-2)16-8-4-3-5-9-16/h3-5,8-9,14-15,20-21H,6-7,10-13H2,1-2H3,(H,24,28)(H,25,27)/t21-/m0/s1. The van der Waals surface area contributed by atoms with E-state index in [1.165, 1.54) is 13.1 Å². The maximum absolute atomic E-state index is 12.8. The van der Waals surface area contributed by atoms with Gasteiger partial charge in [0.05, 0.1) is 18.9 Å². The van der Waals surface area contributed by atoms with Gasteiger partial charge in [-0.25, -0.2) is 4.98 Å². The number of methoxy groups -OCH3 is 1. The molecule has 3 rings (SSSR count). The summed E-state index contributed by atoms with van der Waals surface area (Å²) in [4.78, 5) is 29.5. The highest BCUT2D eigenvalue weighted by Gasteiger charge is 2.21. The topological polar surface area (TPSA) is 98.8 Å². The molecule has 2 N–H and O–H groups in total. The highest BCUT2D eigenvalue weighted by atomic mass is 16.7. The minimum Gasteiger partial charge on any atom is -0.370 e. The second-order valence-electron chi connectivity index (χ2n) is 7.19. The van der Waals surface area contributed by atoms with Crippen molar-refractivity contribution >= 4 is 11.8 Å². The van der Waals surface area contributed by atoms with E-state index >= 15 is 0 Å². The Morgan fingerprint density at radius 3 is 2.58 bits per heavy atom. The zero-order valence-electron chi connectivity index (χ0n) is 17.9. The van der Waals surface area contributed by atoms with Gasteiger partial charge in [0.2, 0.25) is 0 Å². The summed E-state index contributed by atoms with van der Waals surface area (Å²) >= 11 is 0. The van der Waals surface area contributed by atoms with Crippen molar-refractivity contribution in [3.05, 3.63) is 65.0 Å². The molecule has 0 radical (unpaired) electrons. The molecule has 8 heteroatoms. The Morgan fingerprint density at radius 1 is 1.16 bits per heavy atom. The van der Waals surface area contributed by atoms with Crippen LogP contribution in [0.4, 0.5) is 0 Å². The number of hydrogen-bond acceptors (Lipinski definition) is 6. The Morgan fingerprint density at radius 2 is 1.90 bits per heavy atom. The highest BCUT2D eigenvalue weighted by molar-refractivity contribution is 5.98. The van der Waals surface area contributed by atoms with Crippen molar-refractivity contribution in [2.24, 2.45) is 0 Å². The predicted octanol–water partition coefficient (Wildman–Crippen LogP) is 2.45. The van der Waals surface area contributed by atoms with Crippen molar-refractivity contribution in [3.8, 4) is 0 Å². The minimum atomic E-state index is -0.502. The number of nitrogens with one attached hydrogen (secondary N) is 2. The van der Waals surface area contributed by atoms with Crippen molar-refractivity contribution in [1.82, 2.24) is 15.6 Å². The normalized spacial score (nSPS) is 15.3. The van der Waals surface area contributed by atoms with Crippen LogP contribution in [0, 0.1) is 0 Å². The number of nitrogens with zero attached hydrogens (tertiary/aromatic N) is 1. The van der Waals surface area contributed by atoms with E-state index in [2.05, 4.69) is 15.6 Å². The molecule has 1 aliphatic rings. The second kappa shape index (κ2) is 11.5. The van der Waals surface area contributed by atoms with E-state index in [0.29, 0.717) is 37.4 Å². The van der Waals surface area contributed by atoms with Gasteiger partial charge < -0.3 is 24.8 Å². The molecule has 0 unspecified atom stereocenters. The summed E-state index contributed by atoms with van der Waals surface area (Å²) in [6.45, 7) is 1.89. The summed E-state index contributed by atoms with van der Waals surface area (Å²) in [5.74, 6) is -0.646. The molecule has 1 aromatic carbocycles. The number of carbonyl (C=O) groups excluding carboxylic acids is 2. The van der Waals surface area contributed by atoms with Crippen LogP contribution in [-0.4, -0.2) is 57.0 Å². The largest absolute Gasteiger partial charge is 0.370 e. The number of benzene rings is 1. The Bertz CT molecular complexity index is 869. The van der Waals surface area contributed by atoms with Gasteiger partial charge in [0.15, 0.2) is 6.29 Å². The van der Waals surface area contributed by atoms with Crippen molar-refractivity contribution in [1.29, 1.82) is 0 Å². The molecule has 1 aliphatic heterocycles. The molecule has 0 spiro atoms. The van der Waals surface area contributed by atoms with E-state index in [1.807, 2.05) is 30.3 Å². The van der Waals surface area contributed by atoms with Gasteiger partial charge in [-0.15, -0.1) is 0 Å². The quantitative estimate of drug-likeness (QED) is 0.597. The number of rotatable bonds is 9. The first-order chi connectivity index (χ1) is 15.1. The third-order valence-electron chi connectivity index (χ3n) is 4.97. The molecule has 166 valence electrons. The minimum absolute atomic E-state index is 0.159. The van der Waals surface area contributed by atoms with Crippen molar-refractivity contribution < 1.29 is 23.8 Å². The summed E-state index contributed by atoms with van der Waals surface area (Å²) < 4.78 is 16.7. The van der Waals surface area contributed by atoms with Crippen LogP contribution < -0.4 is 10.6 Å². The summed E-state index contributed by atoms with van der Waals surface area (Å²) in [6.07, 6.45) is 1.65. The molecular formula is C23H29N3O5. The lowest BCUT2D eigenvalue weighted by atomic mass is 10.0. The Hall–Kier alpha value is -2.81. The van der Waals surface area contributed by atoms with Gasteiger partial charge >= 0.3 is 0 Å². The van der Waals surface area contributed by atoms with Crippen LogP contribution in [0.1, 0.15) is 57.5 Å². The molecule has 31 heavy (non-hydrogen) atoms. The summed E-state index contributed by atoms with van der Waals surface area (Å²) in [6, 6.07) is 12.7. The maximum atomic E-state index is 12.8. The summed E-state index contributed by atoms with van der Waals surface area (Å²) in [5.41, 5.74) is 1.88. The molecule has 1 aromatic heterocycles. The lowest BCUT2D eigenvalue weighted by Crippen LogP contribution is -2.29. The van der Waals surface area contributed by atoms with Crippen LogP contribution in [0.3, 0.4) is 0 Å². The third kappa shape index (κ3) is 6.33. The number of ether oxygens (including phenoxy) is 3. The summed E-state index contributed by atoms with van der Waals surface area (Å²) in [5, 5.41) is 5.45. The highest BCUT2D eigenvalue weighted by Crippen LogP contribution is 2.25. The van der Waals surface area contributed by atoms with E-state index in [4.69, 9.17) is 14.2 Å². The zero-order valence-corrected chi connectivity index (χ0v) is 17.9. The Kier molecular flexibility index (Phi) is 8.52. The number of aromatic nitrogens is 1. The van der Waals surface area contributed by atoms with Gasteiger partial charge in [-0.1, -0.05) is 30.3 Å². The fraction of sp³-hybridized carbons (Fsp3) is 0.435. The van der Waals surface area contributed by atoms with Gasteiger partial charge in [-0.2, -0.15) is 0 Å². The molecule has 1 atom stereocenters. The van der Waals surface area contributed by atoms with E-state index < -0.39 is 6.10 Å². The van der Waals surface area contributed by atoms with Crippen LogP contribution >= 0.6 is 0 Å². The molecule has 8 nitrogen and oxygen atoms in total. The van der Waals surface area contributed by atoms with E-state index in [1.54, 1.807) is 13.2 Å². The van der Waals surface area contributed by atoms with Crippen LogP contribution in [0.5, 0.6) is 0 Å². The molecule has 2 aromatic rings. The number of pyridine rings is 1.